The average Bonchev–Trinajstić information content (AvgIpc) is 3.23. The lowest BCUT2D eigenvalue weighted by Crippen LogP contribution is -2.34. The van der Waals surface area contributed by atoms with E-state index in [0.717, 1.165) is 19.6 Å². The number of likely N-dealkylation sites (tertiary alicyclic amines) is 1. The minimum Gasteiger partial charge on any atom is -0.376 e. The van der Waals surface area contributed by atoms with Crippen molar-refractivity contribution in [3.8, 4) is 0 Å². The van der Waals surface area contributed by atoms with E-state index in [9.17, 15) is 4.79 Å². The van der Waals surface area contributed by atoms with Crippen LogP contribution in [0.2, 0.25) is 0 Å². The van der Waals surface area contributed by atoms with Gasteiger partial charge in [-0.3, -0.25) is 14.7 Å². The van der Waals surface area contributed by atoms with E-state index in [1.165, 1.54) is 23.5 Å². The number of nitrogens with one attached hydrogen (secondary N) is 1. The molecular weight excluding hydrogens is 328 g/mol. The van der Waals surface area contributed by atoms with Crippen LogP contribution in [0.4, 0.5) is 0 Å². The van der Waals surface area contributed by atoms with Gasteiger partial charge in [0.1, 0.15) is 5.69 Å². The molecule has 0 unspecified atom stereocenters. The van der Waals surface area contributed by atoms with Crippen molar-refractivity contribution in [1.82, 2.24) is 20.2 Å². The molecule has 0 aliphatic carbocycles. The van der Waals surface area contributed by atoms with Crippen molar-refractivity contribution in [2.75, 3.05) is 26.2 Å². The van der Waals surface area contributed by atoms with E-state index < -0.39 is 0 Å². The molecule has 0 saturated carbocycles. The van der Waals surface area contributed by atoms with Crippen LogP contribution >= 0.6 is 0 Å². The Labute approximate surface area is 153 Å². The second kappa shape index (κ2) is 7.51. The molecule has 2 saturated heterocycles. The summed E-state index contributed by atoms with van der Waals surface area (Å²) in [4.78, 5) is 22.6. The van der Waals surface area contributed by atoms with Crippen molar-refractivity contribution < 1.29 is 9.53 Å². The standard InChI is InChI=1S/C20H24N4O2/c1-14-4-2-3-5-15(14)10-24-11-17-16(13-26-19(17)12-24)8-23-20(25)18-9-21-6-7-22-18/h2-7,9,16-17,19H,8,10-13H2,1H3,(H,23,25)/t16-,17-,19-/m0/s1. The molecule has 1 aromatic carbocycles. The second-order valence-corrected chi connectivity index (χ2v) is 7.22. The zero-order valence-corrected chi connectivity index (χ0v) is 15.0. The van der Waals surface area contributed by atoms with Gasteiger partial charge in [0.25, 0.3) is 5.91 Å². The molecule has 0 radical (unpaired) electrons. The second-order valence-electron chi connectivity index (χ2n) is 7.22. The average molecular weight is 352 g/mol. The van der Waals surface area contributed by atoms with Crippen molar-refractivity contribution in [3.63, 3.8) is 0 Å². The van der Waals surface area contributed by atoms with Gasteiger partial charge in [-0.05, 0) is 18.1 Å². The van der Waals surface area contributed by atoms with Crippen molar-refractivity contribution in [2.45, 2.75) is 19.6 Å². The summed E-state index contributed by atoms with van der Waals surface area (Å²) in [5, 5.41) is 2.99. The number of hydrogen-bond acceptors (Lipinski definition) is 5. The number of nitrogens with zero attached hydrogens (tertiary/aromatic N) is 3. The number of fused-ring (bicyclic) bond motifs is 1. The number of ether oxygens (including phenoxy) is 1. The van der Waals surface area contributed by atoms with Crippen molar-refractivity contribution >= 4 is 5.91 Å². The fraction of sp³-hybridized carbons (Fsp3) is 0.450. The largest absolute Gasteiger partial charge is 0.376 e. The van der Waals surface area contributed by atoms with Gasteiger partial charge >= 0.3 is 0 Å². The molecule has 2 fully saturated rings. The third-order valence-electron chi connectivity index (χ3n) is 5.49. The number of hydrogen-bond donors (Lipinski definition) is 1. The van der Waals surface area contributed by atoms with E-state index in [1.807, 2.05) is 0 Å². The van der Waals surface area contributed by atoms with E-state index in [1.54, 1.807) is 6.20 Å². The summed E-state index contributed by atoms with van der Waals surface area (Å²) in [6.07, 6.45) is 4.86. The zero-order chi connectivity index (χ0) is 17.9. The Morgan fingerprint density at radius 1 is 1.31 bits per heavy atom. The minimum atomic E-state index is -0.170. The van der Waals surface area contributed by atoms with Gasteiger partial charge in [-0.1, -0.05) is 24.3 Å². The van der Waals surface area contributed by atoms with Crippen LogP contribution in [0.3, 0.4) is 0 Å². The molecule has 3 heterocycles. The van der Waals surface area contributed by atoms with E-state index >= 15 is 0 Å². The van der Waals surface area contributed by atoms with Gasteiger partial charge in [0.05, 0.1) is 18.9 Å². The van der Waals surface area contributed by atoms with Crippen molar-refractivity contribution in [1.29, 1.82) is 0 Å². The van der Waals surface area contributed by atoms with Gasteiger partial charge in [-0.15, -0.1) is 0 Å². The first-order valence-electron chi connectivity index (χ1n) is 9.13. The lowest BCUT2D eigenvalue weighted by atomic mass is 9.93. The number of rotatable bonds is 5. The number of amides is 1. The number of carbonyl (C=O) groups is 1. The van der Waals surface area contributed by atoms with Gasteiger partial charge in [0, 0.05) is 50.4 Å². The molecule has 4 rings (SSSR count). The Kier molecular flexibility index (Phi) is 4.95. The maximum Gasteiger partial charge on any atom is 0.271 e. The summed E-state index contributed by atoms with van der Waals surface area (Å²) in [5.74, 6) is 0.653. The number of aryl methyl sites for hydroxylation is 1. The molecule has 2 aliphatic rings. The van der Waals surface area contributed by atoms with Gasteiger partial charge < -0.3 is 10.1 Å². The summed E-state index contributed by atoms with van der Waals surface area (Å²) in [5.41, 5.74) is 3.06. The van der Waals surface area contributed by atoms with Crippen LogP contribution in [0.1, 0.15) is 21.6 Å². The molecule has 136 valence electrons. The lowest BCUT2D eigenvalue weighted by molar-refractivity contribution is 0.0900. The van der Waals surface area contributed by atoms with Crippen LogP contribution < -0.4 is 5.32 Å². The smallest absolute Gasteiger partial charge is 0.271 e. The van der Waals surface area contributed by atoms with Crippen LogP contribution in [0.25, 0.3) is 0 Å². The molecule has 2 aliphatic heterocycles. The zero-order valence-electron chi connectivity index (χ0n) is 15.0. The van der Waals surface area contributed by atoms with Gasteiger partial charge in [-0.25, -0.2) is 4.98 Å². The summed E-state index contributed by atoms with van der Waals surface area (Å²) < 4.78 is 6.00. The molecule has 26 heavy (non-hydrogen) atoms. The number of carbonyl (C=O) groups excluding carboxylic acids is 1. The number of aromatic nitrogens is 2. The Hall–Kier alpha value is -2.31. The third-order valence-corrected chi connectivity index (χ3v) is 5.49. The third kappa shape index (κ3) is 3.61. The predicted octanol–water partition coefficient (Wildman–Crippen LogP) is 1.66. The highest BCUT2D eigenvalue weighted by Gasteiger charge is 2.43. The lowest BCUT2D eigenvalue weighted by Gasteiger charge is -2.20. The fourth-order valence-electron chi connectivity index (χ4n) is 3.98. The summed E-state index contributed by atoms with van der Waals surface area (Å²) in [6.45, 7) is 6.44. The first-order valence-corrected chi connectivity index (χ1v) is 9.13. The molecule has 1 amide bonds. The summed E-state index contributed by atoms with van der Waals surface area (Å²) in [7, 11) is 0. The molecule has 3 atom stereocenters. The SMILES string of the molecule is Cc1ccccc1CN1C[C@H]2[C@@H](CNC(=O)c3cnccn3)CO[C@H]2C1. The van der Waals surface area contributed by atoms with Crippen molar-refractivity contribution in [3.05, 3.63) is 59.7 Å². The fourth-order valence-corrected chi connectivity index (χ4v) is 3.98. The molecule has 1 aromatic heterocycles. The molecule has 0 spiro atoms. The molecule has 0 bridgehead atoms. The van der Waals surface area contributed by atoms with E-state index in [0.29, 0.717) is 30.7 Å². The highest BCUT2D eigenvalue weighted by molar-refractivity contribution is 5.91. The predicted molar refractivity (Wildman–Crippen MR) is 97.5 cm³/mol. The molecule has 1 N–H and O–H groups in total. The Balaban J connectivity index is 1.32. The summed E-state index contributed by atoms with van der Waals surface area (Å²) in [6, 6.07) is 8.54. The molecular formula is C20H24N4O2. The highest BCUT2D eigenvalue weighted by atomic mass is 16.5. The maximum atomic E-state index is 12.2. The Morgan fingerprint density at radius 2 is 2.19 bits per heavy atom. The highest BCUT2D eigenvalue weighted by Crippen LogP contribution is 2.34. The summed E-state index contributed by atoms with van der Waals surface area (Å²) >= 11 is 0. The van der Waals surface area contributed by atoms with Gasteiger partial charge in [-0.2, -0.15) is 0 Å². The number of benzene rings is 1. The topological polar surface area (TPSA) is 67.4 Å². The van der Waals surface area contributed by atoms with Gasteiger partial charge in [0.2, 0.25) is 0 Å². The Bertz CT molecular complexity index is 767. The maximum absolute atomic E-state index is 12.2. The molecule has 6 nitrogen and oxygen atoms in total. The van der Waals surface area contributed by atoms with Crippen LogP contribution in [0.5, 0.6) is 0 Å². The van der Waals surface area contributed by atoms with Gasteiger partial charge in [0.15, 0.2) is 0 Å². The molecule has 2 aromatic rings. The van der Waals surface area contributed by atoms with Crippen LogP contribution in [0, 0.1) is 18.8 Å². The van der Waals surface area contributed by atoms with Crippen LogP contribution in [-0.2, 0) is 11.3 Å². The normalized spacial score (nSPS) is 25.2. The van der Waals surface area contributed by atoms with Crippen LogP contribution in [0.15, 0.2) is 42.9 Å². The van der Waals surface area contributed by atoms with E-state index in [4.69, 9.17) is 4.74 Å². The van der Waals surface area contributed by atoms with E-state index in [-0.39, 0.29) is 12.0 Å². The first-order chi connectivity index (χ1) is 12.7. The quantitative estimate of drug-likeness (QED) is 0.886. The Morgan fingerprint density at radius 3 is 3.00 bits per heavy atom. The first kappa shape index (κ1) is 17.1. The monoisotopic (exact) mass is 352 g/mol. The van der Waals surface area contributed by atoms with Crippen molar-refractivity contribution in [2.24, 2.45) is 11.8 Å². The van der Waals surface area contributed by atoms with Crippen LogP contribution in [-0.4, -0.2) is 53.1 Å². The van der Waals surface area contributed by atoms with E-state index in [2.05, 4.69) is 51.4 Å². The molecule has 6 heteroatoms. The minimum absolute atomic E-state index is 0.170.